The first-order chi connectivity index (χ1) is 7.09. The molecule has 0 saturated heterocycles. The van der Waals surface area contributed by atoms with Crippen LogP contribution in [0.4, 0.5) is 5.95 Å². The minimum absolute atomic E-state index is 0.504. The normalized spacial score (nSPS) is 10.7. The largest absolute Gasteiger partial charge is 0.343 e. The highest BCUT2D eigenvalue weighted by Crippen LogP contribution is 2.07. The molecular formula is C10H17ClN4. The van der Waals surface area contributed by atoms with Gasteiger partial charge in [0.05, 0.1) is 17.4 Å². The number of nitrogens with one attached hydrogen (secondary N) is 1. The van der Waals surface area contributed by atoms with E-state index in [1.807, 2.05) is 11.9 Å². The summed E-state index contributed by atoms with van der Waals surface area (Å²) in [6, 6.07) is 0.504. The van der Waals surface area contributed by atoms with Gasteiger partial charge in [0, 0.05) is 26.2 Å². The van der Waals surface area contributed by atoms with Gasteiger partial charge in [-0.2, -0.15) is 0 Å². The van der Waals surface area contributed by atoms with E-state index >= 15 is 0 Å². The van der Waals surface area contributed by atoms with E-state index in [9.17, 15) is 0 Å². The van der Waals surface area contributed by atoms with Crippen molar-refractivity contribution < 1.29 is 0 Å². The summed E-state index contributed by atoms with van der Waals surface area (Å²) < 4.78 is 0. The zero-order chi connectivity index (χ0) is 11.3. The number of anilines is 1. The van der Waals surface area contributed by atoms with Crippen LogP contribution < -0.4 is 10.2 Å². The molecule has 0 bridgehead atoms. The molecule has 0 unspecified atom stereocenters. The first kappa shape index (κ1) is 12.2. The number of hydrogen-bond acceptors (Lipinski definition) is 4. The fraction of sp³-hybridized carbons (Fsp3) is 0.600. The molecule has 0 radical (unpaired) electrons. The quantitative estimate of drug-likeness (QED) is 0.831. The number of halogens is 1. The lowest BCUT2D eigenvalue weighted by Crippen LogP contribution is -2.33. The molecule has 0 spiro atoms. The fourth-order valence-electron chi connectivity index (χ4n) is 1.12. The van der Waals surface area contributed by atoms with Crippen LogP contribution in [0.3, 0.4) is 0 Å². The average molecular weight is 229 g/mol. The molecule has 0 aliphatic heterocycles. The van der Waals surface area contributed by atoms with E-state index in [0.29, 0.717) is 17.0 Å². The second-order valence-electron chi connectivity index (χ2n) is 3.73. The van der Waals surface area contributed by atoms with Crippen molar-refractivity contribution in [2.24, 2.45) is 0 Å². The van der Waals surface area contributed by atoms with E-state index in [0.717, 1.165) is 13.1 Å². The van der Waals surface area contributed by atoms with Gasteiger partial charge in [0.2, 0.25) is 5.95 Å². The van der Waals surface area contributed by atoms with Gasteiger partial charge in [-0.05, 0) is 0 Å². The van der Waals surface area contributed by atoms with Gasteiger partial charge in [0.15, 0.2) is 0 Å². The van der Waals surface area contributed by atoms with Gasteiger partial charge in [0.25, 0.3) is 0 Å². The van der Waals surface area contributed by atoms with Crippen LogP contribution in [-0.2, 0) is 0 Å². The van der Waals surface area contributed by atoms with Crippen molar-refractivity contribution in [2.75, 3.05) is 25.0 Å². The molecule has 5 heteroatoms. The van der Waals surface area contributed by atoms with Crippen molar-refractivity contribution in [1.29, 1.82) is 0 Å². The SMILES string of the molecule is CC(C)NCCN(C)c1ncc(Cl)cn1. The monoisotopic (exact) mass is 228 g/mol. The Morgan fingerprint density at radius 3 is 2.53 bits per heavy atom. The molecule has 0 amide bonds. The summed E-state index contributed by atoms with van der Waals surface area (Å²) in [4.78, 5) is 10.3. The predicted molar refractivity (Wildman–Crippen MR) is 63.5 cm³/mol. The van der Waals surface area contributed by atoms with Crippen molar-refractivity contribution in [2.45, 2.75) is 19.9 Å². The van der Waals surface area contributed by atoms with Crippen LogP contribution in [0.2, 0.25) is 5.02 Å². The van der Waals surface area contributed by atoms with Gasteiger partial charge in [-0.25, -0.2) is 9.97 Å². The molecule has 0 atom stereocenters. The summed E-state index contributed by atoms with van der Waals surface area (Å²) in [5.74, 6) is 0.699. The second-order valence-corrected chi connectivity index (χ2v) is 4.17. The minimum Gasteiger partial charge on any atom is -0.343 e. The Kier molecular flexibility index (Phi) is 4.78. The second kappa shape index (κ2) is 5.88. The van der Waals surface area contributed by atoms with Gasteiger partial charge < -0.3 is 10.2 Å². The first-order valence-electron chi connectivity index (χ1n) is 5.01. The summed E-state index contributed by atoms with van der Waals surface area (Å²) in [7, 11) is 1.96. The van der Waals surface area contributed by atoms with Crippen LogP contribution >= 0.6 is 11.6 Å². The maximum Gasteiger partial charge on any atom is 0.225 e. The molecule has 1 aromatic rings. The number of rotatable bonds is 5. The van der Waals surface area contributed by atoms with Crippen molar-refractivity contribution in [3.8, 4) is 0 Å². The Bertz CT molecular complexity index is 286. The standard InChI is InChI=1S/C10H17ClN4/c1-8(2)12-4-5-15(3)10-13-6-9(11)7-14-10/h6-8,12H,4-5H2,1-3H3. The van der Waals surface area contributed by atoms with Gasteiger partial charge in [0.1, 0.15) is 0 Å². The lowest BCUT2D eigenvalue weighted by atomic mass is 10.4. The Hall–Kier alpha value is -0.870. The third-order valence-corrected chi connectivity index (χ3v) is 2.14. The third-order valence-electron chi connectivity index (χ3n) is 1.95. The molecule has 0 aliphatic carbocycles. The summed E-state index contributed by atoms with van der Waals surface area (Å²) in [5, 5.41) is 3.90. The number of nitrogens with zero attached hydrogens (tertiary/aromatic N) is 3. The first-order valence-corrected chi connectivity index (χ1v) is 5.39. The molecule has 0 saturated carbocycles. The lowest BCUT2D eigenvalue weighted by Gasteiger charge is -2.17. The highest BCUT2D eigenvalue weighted by molar-refractivity contribution is 6.30. The van der Waals surface area contributed by atoms with Crippen molar-refractivity contribution in [3.05, 3.63) is 17.4 Å². The van der Waals surface area contributed by atoms with Crippen LogP contribution in [-0.4, -0.2) is 36.1 Å². The van der Waals surface area contributed by atoms with Crippen LogP contribution in [0, 0.1) is 0 Å². The van der Waals surface area contributed by atoms with Crippen molar-refractivity contribution in [3.63, 3.8) is 0 Å². The van der Waals surface area contributed by atoms with Crippen LogP contribution in [0.15, 0.2) is 12.4 Å². The van der Waals surface area contributed by atoms with Gasteiger partial charge in [-0.3, -0.25) is 0 Å². The molecule has 1 heterocycles. The number of aromatic nitrogens is 2. The molecule has 15 heavy (non-hydrogen) atoms. The Labute approximate surface area is 95.7 Å². The van der Waals surface area contributed by atoms with Crippen LogP contribution in [0.1, 0.15) is 13.8 Å². The summed E-state index contributed by atoms with van der Waals surface area (Å²) in [6.45, 7) is 6.04. The molecule has 1 aromatic heterocycles. The Balaban J connectivity index is 2.40. The fourth-order valence-corrected chi connectivity index (χ4v) is 1.22. The van der Waals surface area contributed by atoms with Crippen LogP contribution in [0.5, 0.6) is 0 Å². The van der Waals surface area contributed by atoms with E-state index < -0.39 is 0 Å². The summed E-state index contributed by atoms with van der Waals surface area (Å²) >= 11 is 5.71. The molecular weight excluding hydrogens is 212 g/mol. The Morgan fingerprint density at radius 1 is 1.40 bits per heavy atom. The van der Waals surface area contributed by atoms with Gasteiger partial charge in [-0.1, -0.05) is 25.4 Å². The van der Waals surface area contributed by atoms with E-state index in [2.05, 4.69) is 29.1 Å². The smallest absolute Gasteiger partial charge is 0.225 e. The molecule has 1 N–H and O–H groups in total. The molecule has 0 fully saturated rings. The topological polar surface area (TPSA) is 41.0 Å². The number of hydrogen-bond donors (Lipinski definition) is 1. The van der Waals surface area contributed by atoms with Gasteiger partial charge in [-0.15, -0.1) is 0 Å². The zero-order valence-corrected chi connectivity index (χ0v) is 10.1. The van der Waals surface area contributed by atoms with Gasteiger partial charge >= 0.3 is 0 Å². The minimum atomic E-state index is 0.504. The molecule has 4 nitrogen and oxygen atoms in total. The summed E-state index contributed by atoms with van der Waals surface area (Å²) in [5.41, 5.74) is 0. The molecule has 1 rings (SSSR count). The zero-order valence-electron chi connectivity index (χ0n) is 9.37. The van der Waals surface area contributed by atoms with E-state index in [1.54, 1.807) is 12.4 Å². The number of likely N-dealkylation sites (N-methyl/N-ethyl adjacent to an activating group) is 1. The predicted octanol–water partition coefficient (Wildman–Crippen LogP) is 1.56. The van der Waals surface area contributed by atoms with Crippen LogP contribution in [0.25, 0.3) is 0 Å². The van der Waals surface area contributed by atoms with E-state index in [-0.39, 0.29) is 0 Å². The van der Waals surface area contributed by atoms with E-state index in [4.69, 9.17) is 11.6 Å². The Morgan fingerprint density at radius 2 is 2.00 bits per heavy atom. The molecule has 0 aromatic carbocycles. The van der Waals surface area contributed by atoms with Crippen molar-refractivity contribution >= 4 is 17.5 Å². The third kappa shape index (κ3) is 4.44. The van der Waals surface area contributed by atoms with Crippen molar-refractivity contribution in [1.82, 2.24) is 15.3 Å². The van der Waals surface area contributed by atoms with E-state index in [1.165, 1.54) is 0 Å². The molecule has 84 valence electrons. The maximum absolute atomic E-state index is 5.71. The molecule has 0 aliphatic rings. The maximum atomic E-state index is 5.71. The average Bonchev–Trinajstić information content (AvgIpc) is 2.18. The lowest BCUT2D eigenvalue weighted by molar-refractivity contribution is 0.587. The highest BCUT2D eigenvalue weighted by Gasteiger charge is 2.03. The summed E-state index contributed by atoms with van der Waals surface area (Å²) in [6.07, 6.45) is 3.21. The highest BCUT2D eigenvalue weighted by atomic mass is 35.5.